The second kappa shape index (κ2) is 51.4. The molecular formula is C102H150N18O16S8. The molecule has 8 aromatic rings. The second-order valence-corrected chi connectivity index (χ2v) is 54.6. The van der Waals surface area contributed by atoms with Gasteiger partial charge in [-0.15, -0.1) is 0 Å². The van der Waals surface area contributed by atoms with Crippen molar-refractivity contribution in [2.75, 3.05) is 302 Å². The van der Waals surface area contributed by atoms with Crippen molar-refractivity contribution in [3.8, 4) is 0 Å². The van der Waals surface area contributed by atoms with E-state index in [9.17, 15) is 0 Å². The first-order chi connectivity index (χ1) is 68.4. The summed E-state index contributed by atoms with van der Waals surface area (Å²) >= 11 is 0. The summed E-state index contributed by atoms with van der Waals surface area (Å²) in [4.78, 5) is 22.8. The van der Waals surface area contributed by atoms with Gasteiger partial charge in [0, 0.05) is 288 Å². The molecule has 0 amide bonds. The highest BCUT2D eigenvalue weighted by atomic mass is 32.2. The molecule has 0 unspecified atom stereocenters. The molecule has 11 fully saturated rings. The lowest BCUT2D eigenvalue weighted by atomic mass is 10.2. The fourth-order valence-electron chi connectivity index (χ4n) is 18.5. The van der Waals surface area contributed by atoms with E-state index in [1.807, 2.05) is 55.4 Å². The highest BCUT2D eigenvalue weighted by Crippen LogP contribution is 2.29. The third kappa shape index (κ3) is 31.0. The van der Waals surface area contributed by atoms with Crippen molar-refractivity contribution in [3.05, 3.63) is 239 Å². The number of aryl methyl sites for hydroxylation is 8. The Morgan fingerprint density at radius 1 is 0.125 bits per heavy atom. The second-order valence-electron chi connectivity index (χ2n) is 39.1. The number of hydrogen-bond acceptors (Lipinski definition) is 26. The molecule has 0 aliphatic carbocycles. The van der Waals surface area contributed by atoms with Crippen LogP contribution in [0.3, 0.4) is 0 Å². The van der Waals surface area contributed by atoms with E-state index >= 15 is 67.3 Å². The van der Waals surface area contributed by atoms with E-state index in [4.69, 9.17) is 0 Å². The van der Waals surface area contributed by atoms with Crippen LogP contribution in [0.1, 0.15) is 44.5 Å². The normalized spacial score (nSPS) is 24.0. The molecule has 19 rings (SSSR count). The molecule has 0 spiro atoms. The zero-order valence-corrected chi connectivity index (χ0v) is 92.0. The smallest absolute Gasteiger partial charge is 0.243 e. The lowest BCUT2D eigenvalue weighted by Gasteiger charge is -2.37. The summed E-state index contributed by atoms with van der Waals surface area (Å²) < 4.78 is 254. The predicted molar refractivity (Wildman–Crippen MR) is 566 cm³/mol. The van der Waals surface area contributed by atoms with Crippen molar-refractivity contribution in [2.24, 2.45) is 0 Å². The van der Waals surface area contributed by atoms with Crippen LogP contribution in [0.2, 0.25) is 0 Å². The number of hydrogen-bond donors (Lipinski definition) is 0. The van der Waals surface area contributed by atoms with Gasteiger partial charge in [0.1, 0.15) is 0 Å². The Kier molecular flexibility index (Phi) is 40.6. The molecule has 34 nitrogen and oxygen atoms in total. The maximum atomic E-state index is 15.4. The van der Waals surface area contributed by atoms with Gasteiger partial charge in [0.15, 0.2) is 0 Å². The fourth-order valence-corrected chi connectivity index (χ4v) is 29.8. The number of piperazine rings is 4. The summed E-state index contributed by atoms with van der Waals surface area (Å²) in [5.41, 5.74) is 6.54. The number of nitrogens with zero attached hydrogens (tertiary/aromatic N) is 18. The average Bonchev–Trinajstić information content (AvgIpc) is 0.771. The highest BCUT2D eigenvalue weighted by Gasteiger charge is 2.39. The van der Waals surface area contributed by atoms with Gasteiger partial charge >= 0.3 is 0 Å². The van der Waals surface area contributed by atoms with E-state index in [1.165, 1.54) is 65.8 Å². The molecule has 11 saturated heterocycles. The number of rotatable bonds is 16. The van der Waals surface area contributed by atoms with Gasteiger partial charge in [0.05, 0.1) is 39.2 Å². The Morgan fingerprint density at radius 3 is 0.299 bits per heavy atom. The summed E-state index contributed by atoms with van der Waals surface area (Å²) in [5, 5.41) is 0. The van der Waals surface area contributed by atoms with E-state index in [0.717, 1.165) is 114 Å². The highest BCUT2D eigenvalue weighted by molar-refractivity contribution is 7.91. The molecular weight excluding hydrogens is 1990 g/mol. The molecule has 792 valence electrons. The number of sulfonamides is 8. The molecule has 0 aromatic heterocycles. The topological polar surface area (TPSA) is 331 Å². The monoisotopic (exact) mass is 2140 g/mol. The van der Waals surface area contributed by atoms with Crippen molar-refractivity contribution >= 4 is 80.2 Å². The molecule has 11 aliphatic rings. The standard InChI is InChI=1S/C102H150N18O16S8/c1-87-11-27-95(28-12-87)137(121,122)113-71-67-109-59-51-105(52-60-109)47-43-103(9)44-48-106-53-63-111(64-54-106)69-73-115(139(125,126)97-31-15-89(3)16-32-97)77-81-119(143(133,134)101-39-23-93(7)24-40-101)85-86-120(144(135,136)102-41-25-94(8)26-42-102)82-78-116(140(127,128)98-33-17-90(4)18-34-98)74-70-112-65-57-108(58-66-112)50-46-104(10)45-49-107-55-61-110(62-56-107)68-72-114(138(123,124)96-29-13-88(2)14-30-96)76-80-118(142(131,132)100-37-21-92(6)22-38-100)84-83-117(79-75-113)141(129,130)99-35-19-91(5)20-36-99/h11-42H,43-86H2,1-10H3. The summed E-state index contributed by atoms with van der Waals surface area (Å²) in [6.07, 6.45) is 0. The van der Waals surface area contributed by atoms with Crippen LogP contribution in [0, 0.1) is 55.4 Å². The van der Waals surface area contributed by atoms with Crippen LogP contribution in [0.5, 0.6) is 0 Å². The summed E-state index contributed by atoms with van der Waals surface area (Å²) in [6.45, 7) is 28.4. The van der Waals surface area contributed by atoms with Crippen LogP contribution in [-0.2, 0) is 80.2 Å². The van der Waals surface area contributed by atoms with E-state index in [-0.39, 0.29) is 118 Å². The van der Waals surface area contributed by atoms with Gasteiger partial charge in [0.25, 0.3) is 0 Å². The van der Waals surface area contributed by atoms with Crippen LogP contribution in [-0.4, -0.2) is 453 Å². The van der Waals surface area contributed by atoms with Gasteiger partial charge in [-0.05, 0) is 167 Å². The first-order valence-corrected chi connectivity index (χ1v) is 61.7. The Hall–Kier alpha value is -7.36. The molecule has 8 aromatic carbocycles. The van der Waals surface area contributed by atoms with Gasteiger partial charge in [0.2, 0.25) is 80.2 Å². The SMILES string of the molecule is Cc1ccc(S(=O)(=O)N2CCN3CCN(CCN(C)CCN4CCN(CC4)CCN(S(=O)(=O)c4ccc(C)cc4)CCN(S(=O)(=O)c4ccc(C)cc4)CCN(S(=O)(=O)c4ccc(C)cc4)CCN(S(=O)(=O)c4ccc(C)cc4)CCN4CCN(CCN(C)CCN5CCN(CC5)CCN(S(=O)(=O)c5ccc(C)cc5)CCN(S(=O)(=O)c5ccc(C)cc5)CCN(S(=O)(=O)c5ccc(C)cc5)CC2)CC4)CC3)cc1. The minimum Gasteiger partial charge on any atom is -0.304 e. The molecule has 0 saturated carbocycles. The van der Waals surface area contributed by atoms with E-state index in [1.54, 1.807) is 146 Å². The fraction of sp³-hybridized carbons (Fsp3) is 0.529. The molecule has 11 aliphatic heterocycles. The van der Waals surface area contributed by atoms with Crippen LogP contribution < -0.4 is 0 Å². The number of benzene rings is 8. The summed E-state index contributed by atoms with van der Waals surface area (Å²) in [6, 6.07) is 51.2. The van der Waals surface area contributed by atoms with Crippen molar-refractivity contribution in [3.63, 3.8) is 0 Å². The minimum atomic E-state index is -4.50. The third-order valence-electron chi connectivity index (χ3n) is 28.6. The van der Waals surface area contributed by atoms with Crippen molar-refractivity contribution < 1.29 is 67.3 Å². The molecule has 11 heterocycles. The number of likely N-dealkylation sites (N-methyl/N-ethyl adjacent to an activating group) is 2. The Morgan fingerprint density at radius 2 is 0.201 bits per heavy atom. The van der Waals surface area contributed by atoms with Crippen molar-refractivity contribution in [2.45, 2.75) is 94.6 Å². The maximum absolute atomic E-state index is 15.4. The minimum absolute atomic E-state index is 0.000834. The van der Waals surface area contributed by atoms with Gasteiger partial charge in [-0.1, -0.05) is 142 Å². The zero-order valence-electron chi connectivity index (χ0n) is 85.4. The van der Waals surface area contributed by atoms with E-state index in [2.05, 4.69) is 63.1 Å². The third-order valence-corrected chi connectivity index (χ3v) is 43.9. The quantitative estimate of drug-likeness (QED) is 0.102. The van der Waals surface area contributed by atoms with Crippen LogP contribution in [0.25, 0.3) is 0 Å². The average molecular weight is 2140 g/mol. The van der Waals surface area contributed by atoms with Gasteiger partial charge in [-0.25, -0.2) is 67.3 Å². The molecule has 8 bridgehead atoms. The lowest BCUT2D eigenvalue weighted by molar-refractivity contribution is 0.105. The van der Waals surface area contributed by atoms with Gasteiger partial charge < -0.3 is 9.80 Å². The lowest BCUT2D eigenvalue weighted by Crippen LogP contribution is -2.52. The maximum Gasteiger partial charge on any atom is 0.243 e. The summed E-state index contributed by atoms with van der Waals surface area (Å²) in [7, 11) is -31.0. The van der Waals surface area contributed by atoms with E-state index < -0.39 is 106 Å². The first-order valence-electron chi connectivity index (χ1n) is 50.1. The Bertz CT molecular complexity index is 5650. The Labute approximate surface area is 859 Å². The summed E-state index contributed by atoms with van der Waals surface area (Å²) in [5.74, 6) is 0. The predicted octanol–water partition coefficient (Wildman–Crippen LogP) is 6.33. The van der Waals surface area contributed by atoms with Gasteiger partial charge in [-0.3, -0.25) is 39.2 Å². The van der Waals surface area contributed by atoms with Crippen molar-refractivity contribution in [1.82, 2.24) is 83.4 Å². The molecule has 0 N–H and O–H groups in total. The van der Waals surface area contributed by atoms with Gasteiger partial charge in [-0.2, -0.15) is 34.4 Å². The molecule has 144 heavy (non-hydrogen) atoms. The molecule has 0 atom stereocenters. The zero-order chi connectivity index (χ0) is 103. The first kappa shape index (κ1) is 114. The Balaban J connectivity index is 0.747. The van der Waals surface area contributed by atoms with Crippen LogP contribution >= 0.6 is 0 Å². The molecule has 0 radical (unpaired) electrons. The van der Waals surface area contributed by atoms with Crippen molar-refractivity contribution in [1.29, 1.82) is 0 Å². The van der Waals surface area contributed by atoms with Crippen LogP contribution in [0.15, 0.2) is 233 Å². The van der Waals surface area contributed by atoms with E-state index in [0.29, 0.717) is 131 Å². The molecule has 42 heteroatoms. The van der Waals surface area contributed by atoms with Crippen LogP contribution in [0.4, 0.5) is 0 Å². The largest absolute Gasteiger partial charge is 0.304 e.